The number of carbonyl (C=O) groups is 1. The molecule has 0 atom stereocenters. The van der Waals surface area contributed by atoms with Crippen LogP contribution in [0.15, 0.2) is 0 Å². The van der Waals surface area contributed by atoms with Crippen molar-refractivity contribution in [2.75, 3.05) is 26.2 Å². The van der Waals surface area contributed by atoms with Gasteiger partial charge < -0.3 is 4.90 Å². The molecule has 12 heavy (non-hydrogen) atoms. The van der Waals surface area contributed by atoms with Crippen molar-refractivity contribution in [3.63, 3.8) is 0 Å². The molecule has 0 saturated carbocycles. The van der Waals surface area contributed by atoms with Gasteiger partial charge in [0.25, 0.3) is 0 Å². The van der Waals surface area contributed by atoms with E-state index in [-0.39, 0.29) is 5.91 Å². The first kappa shape index (κ1) is 10.2. The largest absolute Gasteiger partial charge is 0.342 e. The summed E-state index contributed by atoms with van der Waals surface area (Å²) in [5.74, 6) is 0.181. The van der Waals surface area contributed by atoms with Crippen LogP contribution in [0.1, 0.15) is 13.3 Å². The lowest BCUT2D eigenvalue weighted by atomic mass is 10.4. The van der Waals surface area contributed by atoms with Gasteiger partial charge in [0.15, 0.2) is 0 Å². The van der Waals surface area contributed by atoms with Crippen LogP contribution in [0.5, 0.6) is 0 Å². The molecule has 1 saturated heterocycles. The van der Waals surface area contributed by atoms with Gasteiger partial charge in [-0.05, 0) is 17.4 Å². The lowest BCUT2D eigenvalue weighted by molar-refractivity contribution is -0.128. The molecule has 0 aliphatic carbocycles. The van der Waals surface area contributed by atoms with Crippen molar-refractivity contribution in [3.8, 4) is 0 Å². The number of hydrogen-bond acceptors (Lipinski definition) is 4. The Labute approximate surface area is 82.4 Å². The minimum absolute atomic E-state index is 0.181. The Morgan fingerprint density at radius 3 is 2.67 bits per heavy atom. The first-order valence-electron chi connectivity index (χ1n) is 4.06. The van der Waals surface area contributed by atoms with Crippen molar-refractivity contribution in [1.82, 2.24) is 9.21 Å². The lowest BCUT2D eigenvalue weighted by Gasteiger charge is -2.18. The van der Waals surface area contributed by atoms with Crippen LogP contribution in [0.2, 0.25) is 0 Å². The van der Waals surface area contributed by atoms with Gasteiger partial charge in [0.1, 0.15) is 0 Å². The van der Waals surface area contributed by atoms with Crippen LogP contribution >= 0.6 is 22.6 Å². The topological polar surface area (TPSA) is 23.6 Å². The first-order chi connectivity index (χ1) is 5.74. The zero-order chi connectivity index (χ0) is 8.97. The Hall–Kier alpha value is 0.130. The summed E-state index contributed by atoms with van der Waals surface area (Å²) in [5, 5.41) is 0. The Bertz CT molecular complexity index is 165. The summed E-state index contributed by atoms with van der Waals surface area (Å²) in [7, 11) is 1.46. The molecule has 1 rings (SSSR count). The van der Waals surface area contributed by atoms with E-state index in [0.29, 0.717) is 0 Å². The summed E-state index contributed by atoms with van der Waals surface area (Å²) in [6, 6.07) is 0. The molecule has 70 valence electrons. The summed E-state index contributed by atoms with van der Waals surface area (Å²) in [4.78, 5) is 12.9. The van der Waals surface area contributed by atoms with Crippen LogP contribution in [0, 0.1) is 0 Å². The predicted octanol–water partition coefficient (Wildman–Crippen LogP) is 1.03. The van der Waals surface area contributed by atoms with Gasteiger partial charge in [0, 0.05) is 33.1 Å². The van der Waals surface area contributed by atoms with Gasteiger partial charge in [0.05, 0.1) is 0 Å². The summed E-state index contributed by atoms with van der Waals surface area (Å²) in [5.41, 5.74) is 0. The molecule has 0 aromatic carbocycles. The Balaban J connectivity index is 2.39. The Morgan fingerprint density at radius 2 is 2.08 bits per heavy atom. The molecular formula is C7H14N2OS2. The van der Waals surface area contributed by atoms with E-state index in [0.717, 1.165) is 32.6 Å². The van der Waals surface area contributed by atoms with Gasteiger partial charge in [0.2, 0.25) is 5.91 Å². The molecule has 1 heterocycles. The third-order valence-corrected chi connectivity index (χ3v) is 3.30. The maximum absolute atomic E-state index is 11.0. The number of amides is 1. The standard InChI is InChI=1S/C7H14N2OS2/c1-7(10)8-3-2-4-9(12-11)6-5-8/h11H,2-6H2,1H3. The second kappa shape index (κ2) is 4.99. The zero-order valence-corrected chi connectivity index (χ0v) is 8.90. The smallest absolute Gasteiger partial charge is 0.219 e. The van der Waals surface area contributed by atoms with Gasteiger partial charge in [-0.1, -0.05) is 11.7 Å². The van der Waals surface area contributed by atoms with E-state index in [1.807, 2.05) is 4.90 Å². The van der Waals surface area contributed by atoms with Crippen LogP contribution < -0.4 is 0 Å². The third kappa shape index (κ3) is 2.88. The molecule has 5 heteroatoms. The molecule has 0 N–H and O–H groups in total. The van der Waals surface area contributed by atoms with Gasteiger partial charge in [-0.2, -0.15) is 0 Å². The summed E-state index contributed by atoms with van der Waals surface area (Å²) >= 11 is 4.13. The van der Waals surface area contributed by atoms with E-state index in [9.17, 15) is 4.79 Å². The summed E-state index contributed by atoms with van der Waals surface area (Å²) in [6.07, 6.45) is 1.05. The average Bonchev–Trinajstić information content (AvgIpc) is 2.28. The molecule has 3 nitrogen and oxygen atoms in total. The van der Waals surface area contributed by atoms with E-state index in [1.54, 1.807) is 6.92 Å². The SMILES string of the molecule is CC(=O)N1CCCN(SS)CC1. The van der Waals surface area contributed by atoms with E-state index in [2.05, 4.69) is 16.0 Å². The minimum Gasteiger partial charge on any atom is -0.342 e. The number of nitrogens with zero attached hydrogens (tertiary/aromatic N) is 2. The molecule has 1 amide bonds. The molecule has 0 radical (unpaired) electrons. The fraction of sp³-hybridized carbons (Fsp3) is 0.857. The molecule has 0 aromatic rings. The number of rotatable bonds is 1. The van der Waals surface area contributed by atoms with Crippen LogP contribution in [0.4, 0.5) is 0 Å². The van der Waals surface area contributed by atoms with Crippen molar-refractivity contribution in [2.45, 2.75) is 13.3 Å². The van der Waals surface area contributed by atoms with E-state index in [4.69, 9.17) is 0 Å². The summed E-state index contributed by atoms with van der Waals surface area (Å²) in [6.45, 7) is 5.30. The van der Waals surface area contributed by atoms with Gasteiger partial charge in [-0.25, -0.2) is 4.31 Å². The van der Waals surface area contributed by atoms with Gasteiger partial charge >= 0.3 is 0 Å². The van der Waals surface area contributed by atoms with Crippen LogP contribution in [-0.2, 0) is 4.79 Å². The highest BCUT2D eigenvalue weighted by atomic mass is 33.1. The van der Waals surface area contributed by atoms with Crippen molar-refractivity contribution in [2.24, 2.45) is 0 Å². The molecule has 1 fully saturated rings. The third-order valence-electron chi connectivity index (χ3n) is 2.02. The first-order valence-corrected chi connectivity index (χ1v) is 5.88. The normalized spacial score (nSPS) is 20.7. The van der Waals surface area contributed by atoms with E-state index >= 15 is 0 Å². The highest BCUT2D eigenvalue weighted by Gasteiger charge is 2.15. The molecule has 0 aromatic heterocycles. The number of hydrogen-bond donors (Lipinski definition) is 1. The fourth-order valence-electron chi connectivity index (χ4n) is 1.29. The highest BCUT2D eigenvalue weighted by molar-refractivity contribution is 8.67. The maximum Gasteiger partial charge on any atom is 0.219 e. The molecule has 1 aliphatic rings. The predicted molar refractivity (Wildman–Crippen MR) is 55.0 cm³/mol. The Morgan fingerprint density at radius 1 is 1.33 bits per heavy atom. The molecule has 0 spiro atoms. The second-order valence-electron chi connectivity index (χ2n) is 2.87. The van der Waals surface area contributed by atoms with E-state index < -0.39 is 0 Å². The fourth-order valence-corrected chi connectivity index (χ4v) is 2.15. The van der Waals surface area contributed by atoms with Crippen molar-refractivity contribution >= 4 is 28.5 Å². The van der Waals surface area contributed by atoms with Crippen LogP contribution in [0.25, 0.3) is 0 Å². The van der Waals surface area contributed by atoms with Crippen molar-refractivity contribution in [1.29, 1.82) is 0 Å². The average molecular weight is 206 g/mol. The van der Waals surface area contributed by atoms with E-state index in [1.165, 1.54) is 11.0 Å². The molecule has 1 aliphatic heterocycles. The van der Waals surface area contributed by atoms with Gasteiger partial charge in [-0.3, -0.25) is 4.79 Å². The number of thiol groups is 1. The summed E-state index contributed by atoms with van der Waals surface area (Å²) < 4.78 is 2.17. The highest BCUT2D eigenvalue weighted by Crippen LogP contribution is 2.16. The maximum atomic E-state index is 11.0. The second-order valence-corrected chi connectivity index (χ2v) is 4.04. The van der Waals surface area contributed by atoms with Crippen molar-refractivity contribution in [3.05, 3.63) is 0 Å². The quantitative estimate of drug-likeness (QED) is 0.394. The molecule has 0 bridgehead atoms. The Kier molecular flexibility index (Phi) is 4.25. The molecular weight excluding hydrogens is 192 g/mol. The minimum atomic E-state index is 0.181. The zero-order valence-electron chi connectivity index (χ0n) is 7.19. The van der Waals surface area contributed by atoms with Gasteiger partial charge in [-0.15, -0.1) is 0 Å². The lowest BCUT2D eigenvalue weighted by Crippen LogP contribution is -2.31. The van der Waals surface area contributed by atoms with Crippen LogP contribution in [0.3, 0.4) is 0 Å². The van der Waals surface area contributed by atoms with Crippen LogP contribution in [-0.4, -0.2) is 41.3 Å². The monoisotopic (exact) mass is 206 g/mol. The number of carbonyl (C=O) groups excluding carboxylic acids is 1. The molecule has 0 unspecified atom stereocenters. The van der Waals surface area contributed by atoms with Crippen molar-refractivity contribution < 1.29 is 4.79 Å².